The van der Waals surface area contributed by atoms with Gasteiger partial charge in [-0.1, -0.05) is 29.8 Å². The van der Waals surface area contributed by atoms with Gasteiger partial charge in [0, 0.05) is 16.6 Å². The first-order valence-electron chi connectivity index (χ1n) is 9.88. The molecule has 1 aromatic carbocycles. The Labute approximate surface area is 156 Å². The van der Waals surface area contributed by atoms with Crippen LogP contribution in [0.25, 0.3) is 0 Å². The van der Waals surface area contributed by atoms with E-state index in [-0.39, 0.29) is 11.4 Å². The second-order valence-electron chi connectivity index (χ2n) is 8.89. The van der Waals surface area contributed by atoms with Crippen molar-refractivity contribution in [3.05, 3.63) is 52.3 Å². The highest BCUT2D eigenvalue weighted by atomic mass is 31.0. The third-order valence-electron chi connectivity index (χ3n) is 6.89. The first-order valence-corrected chi connectivity index (χ1v) is 11.0. The minimum atomic E-state index is -0.224. The Kier molecular flexibility index (Phi) is 3.97. The van der Waals surface area contributed by atoms with E-state index in [2.05, 4.69) is 24.0 Å². The predicted molar refractivity (Wildman–Crippen MR) is 104 cm³/mol. The zero-order chi connectivity index (χ0) is 17.7. The van der Waals surface area contributed by atoms with Crippen LogP contribution in [0.3, 0.4) is 0 Å². The number of ether oxygens (including phenoxy) is 1. The van der Waals surface area contributed by atoms with Crippen LogP contribution < -0.4 is 0 Å². The highest BCUT2D eigenvalue weighted by Crippen LogP contribution is 2.62. The van der Waals surface area contributed by atoms with E-state index in [9.17, 15) is 4.79 Å². The average Bonchev–Trinajstić information content (AvgIpc) is 3.11. The van der Waals surface area contributed by atoms with Crippen molar-refractivity contribution in [1.82, 2.24) is 4.98 Å². The summed E-state index contributed by atoms with van der Waals surface area (Å²) in [6, 6.07) is 8.16. The molecule has 4 aliphatic carbocycles. The van der Waals surface area contributed by atoms with Gasteiger partial charge < -0.3 is 4.74 Å². The Balaban J connectivity index is 1.36. The molecular formula is C22H26NO2P. The monoisotopic (exact) mass is 367 g/mol. The molecule has 136 valence electrons. The van der Waals surface area contributed by atoms with Gasteiger partial charge in [0.25, 0.3) is 0 Å². The zero-order valence-corrected chi connectivity index (χ0v) is 16.3. The Morgan fingerprint density at radius 1 is 1.12 bits per heavy atom. The molecule has 1 aromatic heterocycles. The van der Waals surface area contributed by atoms with Crippen LogP contribution in [0.15, 0.2) is 30.2 Å². The number of carbonyl (C=O) groups is 1. The third kappa shape index (κ3) is 2.81. The van der Waals surface area contributed by atoms with Crippen molar-refractivity contribution in [3.63, 3.8) is 0 Å². The minimum absolute atomic E-state index is 0.224. The molecule has 4 aliphatic rings. The van der Waals surface area contributed by atoms with E-state index in [0.717, 1.165) is 23.3 Å². The quantitative estimate of drug-likeness (QED) is 0.693. The van der Waals surface area contributed by atoms with Gasteiger partial charge in [0.2, 0.25) is 0 Å². The lowest BCUT2D eigenvalue weighted by atomic mass is 9.49. The summed E-state index contributed by atoms with van der Waals surface area (Å²) in [5.41, 5.74) is 3.14. The summed E-state index contributed by atoms with van der Waals surface area (Å²) in [7, 11) is 0.572. The highest BCUT2D eigenvalue weighted by molar-refractivity contribution is 7.30. The van der Waals surface area contributed by atoms with E-state index < -0.39 is 0 Å². The summed E-state index contributed by atoms with van der Waals surface area (Å²) in [5, 5.41) is 1.32. The van der Waals surface area contributed by atoms with Gasteiger partial charge in [0.05, 0.1) is 0 Å². The molecule has 6 rings (SSSR count). The molecule has 1 atom stereocenters. The van der Waals surface area contributed by atoms with Gasteiger partial charge in [-0.3, -0.25) is 0 Å². The van der Waals surface area contributed by atoms with Gasteiger partial charge in [-0.15, -0.1) is 8.19 Å². The van der Waals surface area contributed by atoms with Crippen molar-refractivity contribution in [1.29, 1.82) is 0 Å². The first kappa shape index (κ1) is 16.6. The molecule has 4 saturated carbocycles. The molecule has 2 aromatic rings. The number of hydrogen-bond acceptors (Lipinski definition) is 3. The number of esters is 1. The summed E-state index contributed by atoms with van der Waals surface area (Å²) in [6.45, 7) is 2.39. The fraction of sp³-hybridized carbons (Fsp3) is 0.545. The van der Waals surface area contributed by atoms with Crippen molar-refractivity contribution in [2.45, 2.75) is 57.5 Å². The Morgan fingerprint density at radius 2 is 1.73 bits per heavy atom. The average molecular weight is 367 g/mol. The Bertz CT molecular complexity index is 788. The van der Waals surface area contributed by atoms with Crippen LogP contribution in [0.1, 0.15) is 65.4 Å². The molecule has 3 nitrogen and oxygen atoms in total. The molecule has 4 fully saturated rings. The number of rotatable bonds is 4. The predicted octanol–water partition coefficient (Wildman–Crippen LogP) is 5.25. The molecule has 0 radical (unpaired) electrons. The van der Waals surface area contributed by atoms with Crippen LogP contribution in [0, 0.1) is 24.7 Å². The van der Waals surface area contributed by atoms with Crippen LogP contribution >= 0.6 is 8.19 Å². The molecule has 0 N–H and O–H groups in total. The largest absolute Gasteiger partial charge is 0.456 e. The number of benzene rings is 1. The van der Waals surface area contributed by atoms with Gasteiger partial charge in [0.1, 0.15) is 6.61 Å². The number of aryl methyl sites for hydroxylation is 1. The molecule has 4 bridgehead atoms. The van der Waals surface area contributed by atoms with Gasteiger partial charge in [-0.2, -0.15) is 0 Å². The lowest BCUT2D eigenvalue weighted by molar-refractivity contribution is -0.00448. The van der Waals surface area contributed by atoms with E-state index in [4.69, 9.17) is 4.74 Å². The molecule has 0 saturated heterocycles. The molecular weight excluding hydrogens is 341 g/mol. The summed E-state index contributed by atoms with van der Waals surface area (Å²) in [4.78, 5) is 17.3. The van der Waals surface area contributed by atoms with Gasteiger partial charge >= 0.3 is 5.97 Å². The first-order chi connectivity index (χ1) is 12.6. The van der Waals surface area contributed by atoms with E-state index >= 15 is 0 Å². The summed E-state index contributed by atoms with van der Waals surface area (Å²) in [5.74, 6) is 4.37. The summed E-state index contributed by atoms with van der Waals surface area (Å²) < 4.78 is 5.64. The van der Waals surface area contributed by atoms with Crippen LogP contribution in [0.2, 0.25) is 0 Å². The van der Waals surface area contributed by atoms with E-state index in [1.165, 1.54) is 49.4 Å². The maximum Gasteiger partial charge on any atom is 0.357 e. The number of nitrogens with zero attached hydrogens (tertiary/aromatic N) is 1. The molecule has 1 heterocycles. The second kappa shape index (κ2) is 6.23. The van der Waals surface area contributed by atoms with Gasteiger partial charge in [-0.05, 0) is 68.8 Å². The number of carbonyl (C=O) groups excluding carboxylic acids is 1. The maximum atomic E-state index is 12.8. The third-order valence-corrected chi connectivity index (χ3v) is 8.21. The fourth-order valence-electron chi connectivity index (χ4n) is 6.17. The summed E-state index contributed by atoms with van der Waals surface area (Å²) in [6.07, 6.45) is 8.09. The maximum absolute atomic E-state index is 12.8. The molecule has 4 heteroatoms. The normalized spacial score (nSPS) is 32.3. The van der Waals surface area contributed by atoms with Crippen molar-refractivity contribution in [2.24, 2.45) is 17.8 Å². The minimum Gasteiger partial charge on any atom is -0.456 e. The number of aromatic nitrogens is 1. The van der Waals surface area contributed by atoms with Crippen LogP contribution in [-0.4, -0.2) is 11.0 Å². The lowest BCUT2D eigenvalue weighted by Crippen LogP contribution is -2.48. The van der Waals surface area contributed by atoms with Crippen molar-refractivity contribution >= 4 is 14.2 Å². The molecule has 26 heavy (non-hydrogen) atoms. The lowest BCUT2D eigenvalue weighted by Gasteiger charge is -2.56. The van der Waals surface area contributed by atoms with Crippen LogP contribution in [0.4, 0.5) is 0 Å². The van der Waals surface area contributed by atoms with Crippen LogP contribution in [0.5, 0.6) is 0 Å². The van der Waals surface area contributed by atoms with E-state index in [1.54, 1.807) is 0 Å². The van der Waals surface area contributed by atoms with Crippen molar-refractivity contribution in [2.75, 3.05) is 0 Å². The molecule has 0 aliphatic heterocycles. The second-order valence-corrected chi connectivity index (χ2v) is 9.93. The molecule has 0 spiro atoms. The summed E-state index contributed by atoms with van der Waals surface area (Å²) >= 11 is 0. The van der Waals surface area contributed by atoms with E-state index in [0.29, 0.717) is 20.5 Å². The zero-order valence-electron chi connectivity index (χ0n) is 15.3. The van der Waals surface area contributed by atoms with Gasteiger partial charge in [-0.25, -0.2) is 9.78 Å². The van der Waals surface area contributed by atoms with Gasteiger partial charge in [0.15, 0.2) is 5.69 Å². The topological polar surface area (TPSA) is 39.2 Å². The van der Waals surface area contributed by atoms with Crippen molar-refractivity contribution < 1.29 is 9.53 Å². The van der Waals surface area contributed by atoms with Crippen molar-refractivity contribution in [3.8, 4) is 0 Å². The highest BCUT2D eigenvalue weighted by Gasteiger charge is 2.53. The smallest absolute Gasteiger partial charge is 0.357 e. The fourth-order valence-corrected chi connectivity index (χ4v) is 7.41. The van der Waals surface area contributed by atoms with E-state index in [1.807, 2.05) is 18.1 Å². The Morgan fingerprint density at radius 3 is 2.35 bits per heavy atom. The SMILES string of the molecule is Cc1ccc(COC(=O)c2nc[pH]c2C23CC4CC(CC(C4)C2)C3)cc1. The number of hydrogen-bond donors (Lipinski definition) is 0. The molecule has 0 amide bonds. The standard InChI is InChI=1S/C22H26NO2P/c1-14-2-4-15(5-3-14)12-25-21(24)19-20(26-13-23-19)22-9-16-6-17(10-22)8-18(7-16)11-22/h2-5,13,16-18,26H,6-12H2,1H3. The van der Waals surface area contributed by atoms with Crippen LogP contribution in [-0.2, 0) is 16.8 Å². The molecule has 1 unspecified atom stereocenters. The Hall–Kier alpha value is -1.60.